The maximum absolute atomic E-state index is 12.8. The molecule has 3 aromatic rings. The van der Waals surface area contributed by atoms with Crippen LogP contribution in [0.1, 0.15) is 5.89 Å². The summed E-state index contributed by atoms with van der Waals surface area (Å²) >= 11 is 0. The van der Waals surface area contributed by atoms with Crippen LogP contribution in [0.25, 0.3) is 11.4 Å². The van der Waals surface area contributed by atoms with Crippen molar-refractivity contribution in [1.29, 1.82) is 0 Å². The fourth-order valence-corrected chi connectivity index (χ4v) is 3.47. The lowest BCUT2D eigenvalue weighted by Crippen LogP contribution is -2.14. The minimum atomic E-state index is -3.87. The molecule has 0 aliphatic heterocycles. The first-order chi connectivity index (χ1) is 12.4. The van der Waals surface area contributed by atoms with Crippen LogP contribution in [0.4, 0.5) is 5.69 Å². The van der Waals surface area contributed by atoms with Crippen molar-refractivity contribution in [3.63, 3.8) is 0 Å². The molecule has 136 valence electrons. The monoisotopic (exact) mass is 375 g/mol. The van der Waals surface area contributed by atoms with Gasteiger partial charge in [-0.1, -0.05) is 17.3 Å². The number of nitrogens with one attached hydrogen (secondary N) is 1. The summed E-state index contributed by atoms with van der Waals surface area (Å²) in [6, 6.07) is 11.1. The molecule has 9 heteroatoms. The van der Waals surface area contributed by atoms with Crippen LogP contribution >= 0.6 is 0 Å². The van der Waals surface area contributed by atoms with Crippen molar-refractivity contribution >= 4 is 15.7 Å². The van der Waals surface area contributed by atoms with Gasteiger partial charge in [-0.05, 0) is 30.3 Å². The molecule has 0 aliphatic carbocycles. The van der Waals surface area contributed by atoms with Crippen molar-refractivity contribution in [2.45, 2.75) is 11.8 Å². The van der Waals surface area contributed by atoms with Gasteiger partial charge in [0.1, 0.15) is 11.5 Å². The molecular weight excluding hydrogens is 358 g/mol. The molecule has 8 nitrogen and oxygen atoms in total. The van der Waals surface area contributed by atoms with Crippen molar-refractivity contribution in [3.8, 4) is 22.9 Å². The Labute approximate surface area is 150 Å². The lowest BCUT2D eigenvalue weighted by atomic mass is 10.2. The highest BCUT2D eigenvalue weighted by Crippen LogP contribution is 2.32. The highest BCUT2D eigenvalue weighted by molar-refractivity contribution is 7.92. The molecule has 0 atom stereocenters. The first-order valence-corrected chi connectivity index (χ1v) is 9.07. The van der Waals surface area contributed by atoms with Crippen LogP contribution in [-0.4, -0.2) is 32.8 Å². The van der Waals surface area contributed by atoms with Crippen molar-refractivity contribution in [3.05, 3.63) is 48.4 Å². The van der Waals surface area contributed by atoms with Gasteiger partial charge in [-0.15, -0.1) is 0 Å². The number of ether oxygens (including phenoxy) is 2. The van der Waals surface area contributed by atoms with Crippen molar-refractivity contribution in [2.24, 2.45) is 0 Å². The van der Waals surface area contributed by atoms with Crippen LogP contribution in [0.3, 0.4) is 0 Å². The molecule has 0 aliphatic rings. The third-order valence-corrected chi connectivity index (χ3v) is 4.96. The maximum atomic E-state index is 12.8. The number of anilines is 1. The molecule has 3 rings (SSSR count). The molecule has 26 heavy (non-hydrogen) atoms. The molecule has 0 saturated heterocycles. The second-order valence-corrected chi connectivity index (χ2v) is 6.99. The molecule has 0 amide bonds. The van der Waals surface area contributed by atoms with Crippen LogP contribution in [0.2, 0.25) is 0 Å². The van der Waals surface area contributed by atoms with Crippen LogP contribution in [0, 0.1) is 6.92 Å². The van der Waals surface area contributed by atoms with E-state index < -0.39 is 10.0 Å². The smallest absolute Gasteiger partial charge is 0.262 e. The summed E-state index contributed by atoms with van der Waals surface area (Å²) in [5, 5.41) is 3.83. The zero-order valence-electron chi connectivity index (χ0n) is 14.4. The number of methoxy groups -OCH3 is 2. The minimum absolute atomic E-state index is 0.0293. The summed E-state index contributed by atoms with van der Waals surface area (Å²) in [6.45, 7) is 1.65. The van der Waals surface area contributed by atoms with E-state index in [-0.39, 0.29) is 10.7 Å². The molecule has 0 saturated carbocycles. The van der Waals surface area contributed by atoms with Crippen LogP contribution in [-0.2, 0) is 10.0 Å². The fourth-order valence-electron chi connectivity index (χ4n) is 2.37. The average molecular weight is 375 g/mol. The standard InChI is InChI=1S/C17H17N3O5S/c1-11-18-17(19-25-11)13-10-12(8-9-15(13)23-2)26(21,22)20-14-6-4-5-7-16(14)24-3/h4-10,20H,1-3H3. The van der Waals surface area contributed by atoms with Gasteiger partial charge in [0.25, 0.3) is 10.0 Å². The minimum Gasteiger partial charge on any atom is -0.496 e. The van der Waals surface area contributed by atoms with E-state index in [9.17, 15) is 8.42 Å². The lowest BCUT2D eigenvalue weighted by molar-refractivity contribution is 0.392. The number of sulfonamides is 1. The summed E-state index contributed by atoms with van der Waals surface area (Å²) in [5.74, 6) is 1.46. The van der Waals surface area contributed by atoms with Crippen LogP contribution < -0.4 is 14.2 Å². The number of hydrogen-bond acceptors (Lipinski definition) is 7. The van der Waals surface area contributed by atoms with Gasteiger partial charge >= 0.3 is 0 Å². The Kier molecular flexibility index (Phi) is 4.81. The van der Waals surface area contributed by atoms with Gasteiger partial charge in [0.05, 0.1) is 30.4 Å². The molecule has 1 N–H and O–H groups in total. The van der Waals surface area contributed by atoms with E-state index in [4.69, 9.17) is 14.0 Å². The van der Waals surface area contributed by atoms with Crippen molar-refractivity contribution in [1.82, 2.24) is 10.1 Å². The van der Waals surface area contributed by atoms with E-state index in [1.54, 1.807) is 31.2 Å². The topological polar surface area (TPSA) is 104 Å². The fraction of sp³-hybridized carbons (Fsp3) is 0.176. The van der Waals surface area contributed by atoms with Gasteiger partial charge in [0.15, 0.2) is 0 Å². The number of rotatable bonds is 6. The molecule has 0 radical (unpaired) electrons. The molecule has 2 aromatic carbocycles. The highest BCUT2D eigenvalue weighted by atomic mass is 32.2. The second kappa shape index (κ2) is 7.04. The van der Waals surface area contributed by atoms with Gasteiger partial charge in [0.2, 0.25) is 11.7 Å². The first-order valence-electron chi connectivity index (χ1n) is 7.59. The van der Waals surface area contributed by atoms with Gasteiger partial charge in [-0.2, -0.15) is 4.98 Å². The summed E-state index contributed by atoms with van der Waals surface area (Å²) in [5.41, 5.74) is 0.745. The number of aromatic nitrogens is 2. The zero-order valence-corrected chi connectivity index (χ0v) is 15.2. The Hall–Kier alpha value is -3.07. The normalized spacial score (nSPS) is 11.2. The number of benzene rings is 2. The van der Waals surface area contributed by atoms with Gasteiger partial charge in [-0.3, -0.25) is 4.72 Å². The zero-order chi connectivity index (χ0) is 18.7. The van der Waals surface area contributed by atoms with Crippen molar-refractivity contribution in [2.75, 3.05) is 18.9 Å². The molecule has 0 fully saturated rings. The summed E-state index contributed by atoms with van der Waals surface area (Å²) < 4.78 is 43.5. The Morgan fingerprint density at radius 1 is 1.04 bits per heavy atom. The average Bonchev–Trinajstić information content (AvgIpc) is 3.07. The van der Waals surface area contributed by atoms with Crippen molar-refractivity contribution < 1.29 is 22.4 Å². The molecule has 0 spiro atoms. The molecular formula is C17H17N3O5S. The van der Waals surface area contributed by atoms with E-state index in [2.05, 4.69) is 14.9 Å². The Bertz CT molecular complexity index is 1030. The highest BCUT2D eigenvalue weighted by Gasteiger charge is 2.20. The van der Waals surface area contributed by atoms with Gasteiger partial charge < -0.3 is 14.0 Å². The first kappa shape index (κ1) is 17.7. The molecule has 1 aromatic heterocycles. The van der Waals surface area contributed by atoms with E-state index in [1.807, 2.05) is 0 Å². The van der Waals surface area contributed by atoms with Crippen LogP contribution in [0.15, 0.2) is 51.9 Å². The van der Waals surface area contributed by atoms with E-state index in [1.165, 1.54) is 32.4 Å². The quantitative estimate of drug-likeness (QED) is 0.706. The second-order valence-electron chi connectivity index (χ2n) is 5.30. The third-order valence-electron chi connectivity index (χ3n) is 3.60. The lowest BCUT2D eigenvalue weighted by Gasteiger charge is -2.13. The molecule has 1 heterocycles. The summed E-state index contributed by atoms with van der Waals surface area (Å²) in [7, 11) is -0.918. The predicted octanol–water partition coefficient (Wildman–Crippen LogP) is 2.86. The maximum Gasteiger partial charge on any atom is 0.262 e. The summed E-state index contributed by atoms with van der Waals surface area (Å²) in [4.78, 5) is 4.16. The Morgan fingerprint density at radius 2 is 1.77 bits per heavy atom. The van der Waals surface area contributed by atoms with E-state index >= 15 is 0 Å². The number of nitrogens with zero attached hydrogens (tertiary/aromatic N) is 2. The Morgan fingerprint density at radius 3 is 2.42 bits per heavy atom. The third kappa shape index (κ3) is 3.47. The number of para-hydroxylation sites is 2. The number of aryl methyl sites for hydroxylation is 1. The predicted molar refractivity (Wildman–Crippen MR) is 94.8 cm³/mol. The van der Waals surface area contributed by atoms with Gasteiger partial charge in [0, 0.05) is 6.92 Å². The molecule has 0 unspecified atom stereocenters. The SMILES string of the molecule is COc1ccccc1NS(=O)(=O)c1ccc(OC)c(-c2noc(C)n2)c1. The Balaban J connectivity index is 2.03. The van der Waals surface area contributed by atoms with Crippen LogP contribution in [0.5, 0.6) is 11.5 Å². The molecule has 0 bridgehead atoms. The van der Waals surface area contributed by atoms with E-state index in [0.29, 0.717) is 28.6 Å². The largest absolute Gasteiger partial charge is 0.496 e. The van der Waals surface area contributed by atoms with Gasteiger partial charge in [-0.25, -0.2) is 8.42 Å². The van der Waals surface area contributed by atoms with E-state index in [0.717, 1.165) is 0 Å². The summed E-state index contributed by atoms with van der Waals surface area (Å²) in [6.07, 6.45) is 0. The number of hydrogen-bond donors (Lipinski definition) is 1.